The van der Waals surface area contributed by atoms with Crippen molar-refractivity contribution >= 4 is 43.6 Å². The lowest BCUT2D eigenvalue weighted by Gasteiger charge is -2.16. The quantitative estimate of drug-likeness (QED) is 0.206. The molecule has 0 radical (unpaired) electrons. The third-order valence-corrected chi connectivity index (χ3v) is 8.82. The summed E-state index contributed by atoms with van der Waals surface area (Å²) in [6, 6.07) is 52.2. The highest BCUT2D eigenvalue weighted by Gasteiger charge is 2.19. The van der Waals surface area contributed by atoms with Crippen molar-refractivity contribution in [2.75, 3.05) is 0 Å². The van der Waals surface area contributed by atoms with Crippen molar-refractivity contribution in [3.8, 4) is 40.1 Å². The number of para-hydroxylation sites is 4. The molecule has 214 valence electrons. The molecule has 9 aromatic rings. The van der Waals surface area contributed by atoms with E-state index in [1.54, 1.807) is 0 Å². The fraction of sp³-hybridized carbons (Fsp3) is 0. The van der Waals surface area contributed by atoms with Gasteiger partial charge in [0.2, 0.25) is 0 Å². The van der Waals surface area contributed by atoms with Crippen molar-refractivity contribution < 1.29 is 0 Å². The summed E-state index contributed by atoms with van der Waals surface area (Å²) in [7, 11) is 0. The maximum absolute atomic E-state index is 9.93. The molecule has 0 N–H and O–H groups in total. The molecule has 0 bridgehead atoms. The second-order valence-corrected chi connectivity index (χ2v) is 11.4. The van der Waals surface area contributed by atoms with E-state index in [-0.39, 0.29) is 0 Å². The van der Waals surface area contributed by atoms with Crippen LogP contribution in [0.4, 0.5) is 0 Å². The van der Waals surface area contributed by atoms with E-state index < -0.39 is 0 Å². The number of pyridine rings is 2. The van der Waals surface area contributed by atoms with Gasteiger partial charge in [-0.3, -0.25) is 4.98 Å². The molecule has 0 spiro atoms. The molecule has 0 fully saturated rings. The molecule has 0 aliphatic carbocycles. The molecule has 4 heterocycles. The van der Waals surface area contributed by atoms with Crippen LogP contribution >= 0.6 is 0 Å². The van der Waals surface area contributed by atoms with Crippen LogP contribution in [0, 0.1) is 11.3 Å². The number of rotatable bonds is 4. The first-order chi connectivity index (χ1) is 22.8. The summed E-state index contributed by atoms with van der Waals surface area (Å²) in [5, 5.41) is 14.6. The van der Waals surface area contributed by atoms with E-state index in [9.17, 15) is 5.26 Å². The topological polar surface area (TPSA) is 59.4 Å². The first-order valence-corrected chi connectivity index (χ1v) is 15.2. The fourth-order valence-electron chi connectivity index (χ4n) is 6.86. The number of nitriles is 1. The number of fused-ring (bicyclic) bond motifs is 6. The molecule has 0 atom stereocenters. The van der Waals surface area contributed by atoms with Crippen molar-refractivity contribution in [1.82, 2.24) is 19.1 Å². The highest BCUT2D eigenvalue weighted by atomic mass is 15.0. The van der Waals surface area contributed by atoms with Crippen LogP contribution in [0.15, 0.2) is 152 Å². The lowest BCUT2D eigenvalue weighted by Crippen LogP contribution is -2.02. The second-order valence-electron chi connectivity index (χ2n) is 11.4. The van der Waals surface area contributed by atoms with E-state index in [2.05, 4.69) is 118 Å². The Morgan fingerprint density at radius 1 is 0.478 bits per heavy atom. The molecule has 4 aromatic heterocycles. The molecule has 5 nitrogen and oxygen atoms in total. The number of benzene rings is 5. The summed E-state index contributed by atoms with van der Waals surface area (Å²) in [4.78, 5) is 10.2. The van der Waals surface area contributed by atoms with Crippen molar-refractivity contribution in [3.05, 3.63) is 157 Å². The van der Waals surface area contributed by atoms with Crippen LogP contribution in [-0.4, -0.2) is 19.1 Å². The summed E-state index contributed by atoms with van der Waals surface area (Å²) >= 11 is 0. The van der Waals surface area contributed by atoms with E-state index in [0.717, 1.165) is 66.9 Å². The molecule has 0 saturated heterocycles. The minimum absolute atomic E-state index is 0.593. The first kappa shape index (κ1) is 25.9. The highest BCUT2D eigenvalue weighted by Crippen LogP contribution is 2.38. The van der Waals surface area contributed by atoms with Crippen LogP contribution in [0.25, 0.3) is 77.6 Å². The largest absolute Gasteiger partial charge is 0.309 e. The van der Waals surface area contributed by atoms with Gasteiger partial charge >= 0.3 is 0 Å². The average molecular weight is 588 g/mol. The van der Waals surface area contributed by atoms with Crippen molar-refractivity contribution in [2.24, 2.45) is 0 Å². The Kier molecular flexibility index (Phi) is 5.81. The van der Waals surface area contributed by atoms with Gasteiger partial charge in [0, 0.05) is 33.3 Å². The van der Waals surface area contributed by atoms with Crippen LogP contribution in [0.3, 0.4) is 0 Å². The predicted octanol–water partition coefficient (Wildman–Crippen LogP) is 9.88. The van der Waals surface area contributed by atoms with Crippen LogP contribution in [-0.2, 0) is 0 Å². The van der Waals surface area contributed by atoms with Gasteiger partial charge < -0.3 is 9.13 Å². The lowest BCUT2D eigenvalue weighted by molar-refractivity contribution is 1.13. The van der Waals surface area contributed by atoms with Gasteiger partial charge in [-0.25, -0.2) is 4.98 Å². The molecule has 5 heteroatoms. The normalized spacial score (nSPS) is 11.5. The zero-order valence-corrected chi connectivity index (χ0v) is 24.7. The van der Waals surface area contributed by atoms with Gasteiger partial charge in [-0.2, -0.15) is 5.26 Å². The van der Waals surface area contributed by atoms with Gasteiger partial charge in [-0.1, -0.05) is 78.9 Å². The maximum Gasteiger partial charge on any atom is 0.113 e. The van der Waals surface area contributed by atoms with Gasteiger partial charge in [-0.05, 0) is 66.7 Å². The number of hydrogen-bond acceptors (Lipinski definition) is 3. The van der Waals surface area contributed by atoms with E-state index in [1.165, 1.54) is 10.8 Å². The Bertz CT molecular complexity index is 2560. The average Bonchev–Trinajstić information content (AvgIpc) is 3.64. The Balaban J connectivity index is 1.27. The minimum atomic E-state index is 0.593. The maximum atomic E-state index is 9.93. The van der Waals surface area contributed by atoms with Gasteiger partial charge in [0.05, 0.1) is 56.5 Å². The molecule has 0 aliphatic heterocycles. The number of hydrogen-bond donors (Lipinski definition) is 0. The van der Waals surface area contributed by atoms with Gasteiger partial charge in [0.15, 0.2) is 0 Å². The van der Waals surface area contributed by atoms with E-state index in [4.69, 9.17) is 9.97 Å². The Morgan fingerprint density at radius 2 is 1.00 bits per heavy atom. The number of aromatic nitrogens is 4. The molecule has 0 amide bonds. The Hall–Kier alpha value is -6.51. The first-order valence-electron chi connectivity index (χ1n) is 15.2. The van der Waals surface area contributed by atoms with Gasteiger partial charge in [0.25, 0.3) is 0 Å². The van der Waals surface area contributed by atoms with Crippen LogP contribution in [0.1, 0.15) is 5.56 Å². The Morgan fingerprint density at radius 3 is 1.57 bits per heavy atom. The summed E-state index contributed by atoms with van der Waals surface area (Å²) in [6.45, 7) is 0. The van der Waals surface area contributed by atoms with Crippen LogP contribution < -0.4 is 0 Å². The second kappa shape index (κ2) is 10.3. The predicted molar refractivity (Wildman–Crippen MR) is 186 cm³/mol. The standard InChI is InChI=1S/C41H25N5/c42-26-27-22-23-32(40(25-27)46-37-19-7-3-13-30(37)31-14-4-8-20-38(31)46)33-15-9-16-34(44-33)41-39(21-10-24-43-41)45-35-17-5-1-11-28(35)29-12-2-6-18-36(29)45/h1-25H. The Labute approximate surface area is 264 Å². The molecule has 0 unspecified atom stereocenters. The molecule has 46 heavy (non-hydrogen) atoms. The van der Waals surface area contributed by atoms with E-state index in [0.29, 0.717) is 5.56 Å². The van der Waals surface area contributed by atoms with Crippen molar-refractivity contribution in [1.29, 1.82) is 5.26 Å². The van der Waals surface area contributed by atoms with E-state index >= 15 is 0 Å². The SMILES string of the molecule is N#Cc1ccc(-c2cccc(-c3ncccc3-n3c4ccccc4c4ccccc43)n2)c(-n2c3ccccc3c3ccccc32)c1. The zero-order chi connectivity index (χ0) is 30.6. The third kappa shape index (κ3) is 3.88. The lowest BCUT2D eigenvalue weighted by atomic mass is 10.0. The molecule has 0 aliphatic rings. The zero-order valence-electron chi connectivity index (χ0n) is 24.7. The summed E-state index contributed by atoms with van der Waals surface area (Å²) in [5.41, 5.74) is 10.2. The molecule has 5 aromatic carbocycles. The number of nitrogens with zero attached hydrogens (tertiary/aromatic N) is 5. The van der Waals surface area contributed by atoms with Gasteiger partial charge in [-0.15, -0.1) is 0 Å². The molecular formula is C41H25N5. The molecule has 0 saturated carbocycles. The smallest absolute Gasteiger partial charge is 0.113 e. The molecule has 9 rings (SSSR count). The summed E-state index contributed by atoms with van der Waals surface area (Å²) in [5.74, 6) is 0. The molecular weight excluding hydrogens is 562 g/mol. The van der Waals surface area contributed by atoms with Crippen LogP contribution in [0.5, 0.6) is 0 Å². The van der Waals surface area contributed by atoms with Crippen molar-refractivity contribution in [2.45, 2.75) is 0 Å². The van der Waals surface area contributed by atoms with E-state index in [1.807, 2.05) is 48.7 Å². The van der Waals surface area contributed by atoms with Gasteiger partial charge in [0.1, 0.15) is 5.69 Å². The van der Waals surface area contributed by atoms with Crippen molar-refractivity contribution in [3.63, 3.8) is 0 Å². The highest BCUT2D eigenvalue weighted by molar-refractivity contribution is 6.10. The fourth-order valence-corrected chi connectivity index (χ4v) is 6.86. The summed E-state index contributed by atoms with van der Waals surface area (Å²) < 4.78 is 4.53. The monoisotopic (exact) mass is 587 g/mol. The summed E-state index contributed by atoms with van der Waals surface area (Å²) in [6.07, 6.45) is 1.83. The third-order valence-electron chi connectivity index (χ3n) is 8.82. The minimum Gasteiger partial charge on any atom is -0.309 e. The van der Waals surface area contributed by atoms with Crippen LogP contribution in [0.2, 0.25) is 0 Å².